The van der Waals surface area contributed by atoms with Crippen LogP contribution >= 0.6 is 0 Å². The van der Waals surface area contributed by atoms with Crippen LogP contribution in [0.25, 0.3) is 0 Å². The Morgan fingerprint density at radius 1 is 1.00 bits per heavy atom. The van der Waals surface area contributed by atoms with E-state index in [1.165, 1.54) is 26.0 Å². The fraction of sp³-hybridized carbons (Fsp3) is 0.222. The summed E-state index contributed by atoms with van der Waals surface area (Å²) in [7, 11) is 0. The minimum atomic E-state index is -4.48. The molecule has 2 aromatic carbocycles. The number of para-hydroxylation sites is 1. The van der Waals surface area contributed by atoms with Crippen LogP contribution in [-0.4, -0.2) is 18.0 Å². The van der Waals surface area contributed by atoms with Crippen molar-refractivity contribution in [1.82, 2.24) is 5.32 Å². The number of anilines is 2. The van der Waals surface area contributed by atoms with Crippen molar-refractivity contribution in [2.24, 2.45) is 0 Å². The van der Waals surface area contributed by atoms with E-state index in [0.717, 1.165) is 6.07 Å². The number of nitrogens with one attached hydrogen (secondary N) is 3. The van der Waals surface area contributed by atoms with Gasteiger partial charge in [-0.1, -0.05) is 24.3 Å². The number of halogens is 3. The number of amides is 3. The van der Waals surface area contributed by atoms with Crippen molar-refractivity contribution in [3.8, 4) is 0 Å². The van der Waals surface area contributed by atoms with E-state index in [9.17, 15) is 22.8 Å². The van der Waals surface area contributed by atoms with Crippen LogP contribution in [0.15, 0.2) is 48.5 Å². The van der Waals surface area contributed by atoms with Gasteiger partial charge < -0.3 is 10.6 Å². The number of carbonyl (C=O) groups excluding carboxylic acids is 2. The van der Waals surface area contributed by atoms with Gasteiger partial charge in [-0.3, -0.25) is 10.1 Å². The zero-order chi connectivity index (χ0) is 19.3. The molecule has 0 saturated heterocycles. The quantitative estimate of drug-likeness (QED) is 0.762. The molecule has 1 atom stereocenters. The van der Waals surface area contributed by atoms with Crippen molar-refractivity contribution in [2.45, 2.75) is 26.1 Å². The minimum Gasteiger partial charge on any atom is -0.374 e. The van der Waals surface area contributed by atoms with Gasteiger partial charge in [0, 0.05) is 11.4 Å². The summed E-state index contributed by atoms with van der Waals surface area (Å²) in [4.78, 5) is 23.8. The van der Waals surface area contributed by atoms with Gasteiger partial charge in [0.1, 0.15) is 6.04 Å². The molecule has 26 heavy (non-hydrogen) atoms. The van der Waals surface area contributed by atoms with E-state index in [1.807, 2.05) is 0 Å². The SMILES string of the molecule is Cc1ccc(NC(C)C(=O)NC(=O)Nc2ccccc2)cc1C(F)(F)F. The van der Waals surface area contributed by atoms with Gasteiger partial charge in [-0.2, -0.15) is 13.2 Å². The lowest BCUT2D eigenvalue weighted by Crippen LogP contribution is -2.42. The summed E-state index contributed by atoms with van der Waals surface area (Å²) < 4.78 is 38.8. The second-order valence-electron chi connectivity index (χ2n) is 5.70. The van der Waals surface area contributed by atoms with Crippen molar-refractivity contribution >= 4 is 23.3 Å². The molecule has 0 radical (unpaired) electrons. The zero-order valence-corrected chi connectivity index (χ0v) is 14.1. The molecule has 0 aliphatic carbocycles. The lowest BCUT2D eigenvalue weighted by atomic mass is 10.1. The summed E-state index contributed by atoms with van der Waals surface area (Å²) in [5.74, 6) is -0.674. The highest BCUT2D eigenvalue weighted by molar-refractivity contribution is 6.03. The number of urea groups is 1. The Morgan fingerprint density at radius 3 is 2.27 bits per heavy atom. The average Bonchev–Trinajstić information content (AvgIpc) is 2.56. The summed E-state index contributed by atoms with van der Waals surface area (Å²) in [6.45, 7) is 2.80. The Kier molecular flexibility index (Phi) is 5.86. The molecule has 0 heterocycles. The number of rotatable bonds is 4. The molecule has 138 valence electrons. The third-order valence-corrected chi connectivity index (χ3v) is 3.59. The maximum absolute atomic E-state index is 12.9. The van der Waals surface area contributed by atoms with Crippen LogP contribution in [0.3, 0.4) is 0 Å². The smallest absolute Gasteiger partial charge is 0.374 e. The van der Waals surface area contributed by atoms with Crippen LogP contribution in [0.4, 0.5) is 29.3 Å². The Morgan fingerprint density at radius 2 is 1.65 bits per heavy atom. The number of aryl methyl sites for hydroxylation is 1. The first-order valence-electron chi connectivity index (χ1n) is 7.78. The molecule has 8 heteroatoms. The maximum atomic E-state index is 12.9. The third-order valence-electron chi connectivity index (χ3n) is 3.59. The molecular weight excluding hydrogens is 347 g/mol. The molecule has 5 nitrogen and oxygen atoms in total. The Bertz CT molecular complexity index is 792. The number of carbonyl (C=O) groups is 2. The van der Waals surface area contributed by atoms with E-state index < -0.39 is 29.7 Å². The fourth-order valence-electron chi connectivity index (χ4n) is 2.24. The van der Waals surface area contributed by atoms with Crippen LogP contribution in [0.5, 0.6) is 0 Å². The summed E-state index contributed by atoms with van der Waals surface area (Å²) in [5, 5.41) is 7.27. The Labute approximate surface area is 148 Å². The van der Waals surface area contributed by atoms with Crippen molar-refractivity contribution in [3.05, 3.63) is 59.7 Å². The first-order chi connectivity index (χ1) is 12.2. The first-order valence-corrected chi connectivity index (χ1v) is 7.78. The van der Waals surface area contributed by atoms with Crippen molar-refractivity contribution in [1.29, 1.82) is 0 Å². The topological polar surface area (TPSA) is 70.2 Å². The Balaban J connectivity index is 1.98. The third kappa shape index (κ3) is 5.23. The number of hydrogen-bond acceptors (Lipinski definition) is 3. The molecule has 0 bridgehead atoms. The molecule has 0 aliphatic heterocycles. The van der Waals surface area contributed by atoms with E-state index in [2.05, 4.69) is 16.0 Å². The summed E-state index contributed by atoms with van der Waals surface area (Å²) >= 11 is 0. The predicted molar refractivity (Wildman–Crippen MR) is 92.9 cm³/mol. The van der Waals surface area contributed by atoms with Gasteiger partial charge in [0.2, 0.25) is 5.91 Å². The van der Waals surface area contributed by atoms with E-state index >= 15 is 0 Å². The van der Waals surface area contributed by atoms with Gasteiger partial charge in [0.15, 0.2) is 0 Å². The highest BCUT2D eigenvalue weighted by Gasteiger charge is 2.32. The fourth-order valence-corrected chi connectivity index (χ4v) is 2.24. The molecule has 3 amide bonds. The van der Waals surface area contributed by atoms with Crippen LogP contribution in [0.2, 0.25) is 0 Å². The number of imide groups is 1. The van der Waals surface area contributed by atoms with Crippen molar-refractivity contribution in [2.75, 3.05) is 10.6 Å². The lowest BCUT2D eigenvalue weighted by Gasteiger charge is -2.17. The summed E-state index contributed by atoms with van der Waals surface area (Å²) in [5.41, 5.74) is -0.0554. The highest BCUT2D eigenvalue weighted by atomic mass is 19.4. The van der Waals surface area contributed by atoms with Gasteiger partial charge in [0.25, 0.3) is 0 Å². The van der Waals surface area contributed by atoms with E-state index in [4.69, 9.17) is 0 Å². The largest absolute Gasteiger partial charge is 0.416 e. The van der Waals surface area contributed by atoms with Crippen LogP contribution in [0, 0.1) is 6.92 Å². The summed E-state index contributed by atoms with van der Waals surface area (Å²) in [6.07, 6.45) is -4.48. The second kappa shape index (κ2) is 7.90. The molecule has 2 aromatic rings. The predicted octanol–water partition coefficient (Wildman–Crippen LogP) is 4.16. The first kappa shape index (κ1) is 19.3. The molecule has 2 rings (SSSR count). The lowest BCUT2D eigenvalue weighted by molar-refractivity contribution is -0.138. The molecule has 0 aliphatic rings. The standard InChI is InChI=1S/C18H18F3N3O2/c1-11-8-9-14(10-15(11)18(19,20)21)22-12(2)16(25)24-17(26)23-13-6-4-3-5-7-13/h3-10,12,22H,1-2H3,(H2,23,24,25,26). The molecule has 0 saturated carbocycles. The highest BCUT2D eigenvalue weighted by Crippen LogP contribution is 2.33. The van der Waals surface area contributed by atoms with Crippen LogP contribution in [0.1, 0.15) is 18.1 Å². The molecular formula is C18H18F3N3O2. The van der Waals surface area contributed by atoms with E-state index in [-0.39, 0.29) is 11.3 Å². The minimum absolute atomic E-state index is 0.0855. The Hall–Kier alpha value is -3.03. The number of benzene rings is 2. The molecule has 3 N–H and O–H groups in total. The monoisotopic (exact) mass is 365 g/mol. The maximum Gasteiger partial charge on any atom is 0.416 e. The van der Waals surface area contributed by atoms with Crippen LogP contribution < -0.4 is 16.0 Å². The van der Waals surface area contributed by atoms with Gasteiger partial charge in [-0.25, -0.2) is 4.79 Å². The normalized spacial score (nSPS) is 12.2. The van der Waals surface area contributed by atoms with Gasteiger partial charge in [-0.05, 0) is 43.7 Å². The number of hydrogen-bond donors (Lipinski definition) is 3. The van der Waals surface area contributed by atoms with Crippen LogP contribution in [-0.2, 0) is 11.0 Å². The number of alkyl halides is 3. The molecule has 0 spiro atoms. The van der Waals surface area contributed by atoms with Gasteiger partial charge in [0.05, 0.1) is 5.56 Å². The van der Waals surface area contributed by atoms with Gasteiger partial charge in [-0.15, -0.1) is 0 Å². The van der Waals surface area contributed by atoms with Crippen molar-refractivity contribution in [3.63, 3.8) is 0 Å². The summed E-state index contributed by atoms with van der Waals surface area (Å²) in [6, 6.07) is 10.6. The average molecular weight is 365 g/mol. The molecule has 1 unspecified atom stereocenters. The second-order valence-corrected chi connectivity index (χ2v) is 5.70. The van der Waals surface area contributed by atoms with E-state index in [0.29, 0.717) is 5.69 Å². The van der Waals surface area contributed by atoms with Gasteiger partial charge >= 0.3 is 12.2 Å². The van der Waals surface area contributed by atoms with E-state index in [1.54, 1.807) is 30.3 Å². The molecule has 0 fully saturated rings. The molecule has 0 aromatic heterocycles. The zero-order valence-electron chi connectivity index (χ0n) is 14.1. The van der Waals surface area contributed by atoms with Crippen molar-refractivity contribution < 1.29 is 22.8 Å².